The highest BCUT2D eigenvalue weighted by Gasteiger charge is 2.28. The monoisotopic (exact) mass is 426 g/mol. The molecule has 0 saturated heterocycles. The molecule has 2 N–H and O–H groups in total. The first-order chi connectivity index (χ1) is 12.6. The first-order valence-corrected chi connectivity index (χ1v) is 10.1. The van der Waals surface area contributed by atoms with Crippen LogP contribution in [0.4, 0.5) is 5.69 Å². The number of aliphatic carboxylic acids is 1. The summed E-state index contributed by atoms with van der Waals surface area (Å²) >= 11 is 11.9. The number of carboxylic acid groups (broad SMARTS) is 1. The van der Waals surface area contributed by atoms with Gasteiger partial charge < -0.3 is 10.1 Å². The number of aromatic amines is 1. The van der Waals surface area contributed by atoms with Crippen molar-refractivity contribution in [3.05, 3.63) is 57.7 Å². The Balaban J connectivity index is 2.19. The number of H-pyrrole nitrogens is 1. The third kappa shape index (κ3) is 3.76. The number of carboxylic acids is 1. The maximum Gasteiger partial charge on any atom is 0.324 e. The molecule has 9 heteroatoms. The molecule has 0 amide bonds. The molecule has 1 heterocycles. The van der Waals surface area contributed by atoms with Gasteiger partial charge in [0.1, 0.15) is 6.54 Å². The van der Waals surface area contributed by atoms with Gasteiger partial charge in [-0.1, -0.05) is 23.2 Å². The first-order valence-electron chi connectivity index (χ1n) is 7.89. The molecule has 0 aliphatic carbocycles. The van der Waals surface area contributed by atoms with E-state index in [1.165, 1.54) is 18.2 Å². The van der Waals surface area contributed by atoms with Gasteiger partial charge >= 0.3 is 5.97 Å². The summed E-state index contributed by atoms with van der Waals surface area (Å²) < 4.78 is 27.1. The molecule has 6 nitrogen and oxygen atoms in total. The molecule has 2 aromatic carbocycles. The first kappa shape index (κ1) is 19.5. The average Bonchev–Trinajstić information content (AvgIpc) is 2.85. The molecule has 0 unspecified atom stereocenters. The van der Waals surface area contributed by atoms with Gasteiger partial charge in [0.15, 0.2) is 0 Å². The van der Waals surface area contributed by atoms with Crippen molar-refractivity contribution in [2.75, 3.05) is 10.8 Å². The number of aryl methyl sites for hydroxylation is 2. The lowest BCUT2D eigenvalue weighted by atomic mass is 10.1. The number of nitrogens with one attached hydrogen (secondary N) is 1. The molecule has 0 aliphatic rings. The number of hydrogen-bond acceptors (Lipinski definition) is 3. The number of aromatic nitrogens is 1. The Hall–Kier alpha value is -2.22. The lowest BCUT2D eigenvalue weighted by molar-refractivity contribution is -0.135. The van der Waals surface area contributed by atoms with E-state index in [1.807, 2.05) is 13.8 Å². The van der Waals surface area contributed by atoms with E-state index in [9.17, 15) is 18.3 Å². The van der Waals surface area contributed by atoms with E-state index >= 15 is 0 Å². The molecule has 0 saturated carbocycles. The van der Waals surface area contributed by atoms with Crippen molar-refractivity contribution in [3.8, 4) is 0 Å². The van der Waals surface area contributed by atoms with Crippen LogP contribution in [-0.4, -0.2) is 31.0 Å². The van der Waals surface area contributed by atoms with E-state index < -0.39 is 22.5 Å². The van der Waals surface area contributed by atoms with Gasteiger partial charge in [-0.3, -0.25) is 9.10 Å². The summed E-state index contributed by atoms with van der Waals surface area (Å²) in [6.45, 7) is 3.08. The highest BCUT2D eigenvalue weighted by atomic mass is 35.5. The number of rotatable bonds is 5. The molecular weight excluding hydrogens is 411 g/mol. The van der Waals surface area contributed by atoms with Gasteiger partial charge in [-0.05, 0) is 55.8 Å². The molecule has 0 atom stereocenters. The Bertz CT molecular complexity index is 1140. The summed E-state index contributed by atoms with van der Waals surface area (Å²) in [4.78, 5) is 14.4. The minimum absolute atomic E-state index is 0.143. The second-order valence-corrected chi connectivity index (χ2v) is 8.85. The van der Waals surface area contributed by atoms with Crippen molar-refractivity contribution >= 4 is 55.8 Å². The number of fused-ring (bicyclic) bond motifs is 1. The van der Waals surface area contributed by atoms with Crippen LogP contribution < -0.4 is 4.31 Å². The van der Waals surface area contributed by atoms with Crippen LogP contribution in [0.3, 0.4) is 0 Å². The number of hydrogen-bond donors (Lipinski definition) is 2. The number of halogens is 2. The van der Waals surface area contributed by atoms with Gasteiger partial charge in [0.05, 0.1) is 10.6 Å². The summed E-state index contributed by atoms with van der Waals surface area (Å²) in [5, 5.41) is 10.4. The van der Waals surface area contributed by atoms with Crippen LogP contribution >= 0.6 is 23.2 Å². The zero-order valence-corrected chi connectivity index (χ0v) is 16.8. The lowest BCUT2D eigenvalue weighted by Gasteiger charge is -2.23. The standard InChI is InChI=1S/C18H16Cl2N2O4S/c1-10-11(2)21-17-4-3-14(8-16(10)17)22(9-18(23)24)27(25,26)15-6-12(19)5-13(20)7-15/h3-8,21H,9H2,1-2H3,(H,23,24). The average molecular weight is 427 g/mol. The minimum atomic E-state index is -4.20. The van der Waals surface area contributed by atoms with E-state index in [4.69, 9.17) is 23.2 Å². The van der Waals surface area contributed by atoms with Crippen LogP contribution in [0.15, 0.2) is 41.3 Å². The Morgan fingerprint density at radius 3 is 2.33 bits per heavy atom. The van der Waals surface area contributed by atoms with Crippen molar-refractivity contribution in [1.29, 1.82) is 0 Å². The van der Waals surface area contributed by atoms with Gasteiger partial charge in [0, 0.05) is 26.6 Å². The van der Waals surface area contributed by atoms with Crippen LogP contribution in [-0.2, 0) is 14.8 Å². The summed E-state index contributed by atoms with van der Waals surface area (Å²) in [6, 6.07) is 8.82. The number of benzene rings is 2. The van der Waals surface area contributed by atoms with Crippen molar-refractivity contribution in [3.63, 3.8) is 0 Å². The van der Waals surface area contributed by atoms with Gasteiger partial charge in [0.2, 0.25) is 0 Å². The largest absolute Gasteiger partial charge is 0.480 e. The SMILES string of the molecule is Cc1[nH]c2ccc(N(CC(=O)O)S(=O)(=O)c3cc(Cl)cc(Cl)c3)cc2c1C. The van der Waals surface area contributed by atoms with Gasteiger partial charge in [0.25, 0.3) is 10.0 Å². The third-order valence-corrected chi connectivity index (χ3v) is 6.47. The summed E-state index contributed by atoms with van der Waals surface area (Å²) in [6.07, 6.45) is 0. The van der Waals surface area contributed by atoms with E-state index in [0.717, 1.165) is 26.5 Å². The van der Waals surface area contributed by atoms with Crippen molar-refractivity contribution < 1.29 is 18.3 Å². The fraction of sp³-hybridized carbons (Fsp3) is 0.167. The van der Waals surface area contributed by atoms with E-state index in [1.54, 1.807) is 18.2 Å². The van der Waals surface area contributed by atoms with Crippen LogP contribution in [0.2, 0.25) is 10.0 Å². The third-order valence-electron chi connectivity index (χ3n) is 4.28. The molecule has 3 aromatic rings. The summed E-state index contributed by atoms with van der Waals surface area (Å²) in [7, 11) is -4.20. The predicted molar refractivity (Wildman–Crippen MR) is 106 cm³/mol. The minimum Gasteiger partial charge on any atom is -0.480 e. The van der Waals surface area contributed by atoms with Gasteiger partial charge in [-0.25, -0.2) is 8.42 Å². The Morgan fingerprint density at radius 2 is 1.74 bits per heavy atom. The Labute approximate surface area is 166 Å². The molecular formula is C18H16Cl2N2O4S. The number of nitrogens with zero attached hydrogens (tertiary/aromatic N) is 1. The van der Waals surface area contributed by atoms with E-state index in [0.29, 0.717) is 0 Å². The van der Waals surface area contributed by atoms with Crippen molar-refractivity contribution in [1.82, 2.24) is 4.98 Å². The second-order valence-electron chi connectivity index (χ2n) is 6.12. The Kier molecular flexibility index (Phi) is 5.12. The van der Waals surface area contributed by atoms with Gasteiger partial charge in [-0.15, -0.1) is 0 Å². The summed E-state index contributed by atoms with van der Waals surface area (Å²) in [5.41, 5.74) is 3.00. The van der Waals surface area contributed by atoms with Crippen molar-refractivity contribution in [2.24, 2.45) is 0 Å². The van der Waals surface area contributed by atoms with Crippen LogP contribution in [0.25, 0.3) is 10.9 Å². The fourth-order valence-corrected chi connectivity index (χ4v) is 4.98. The summed E-state index contributed by atoms with van der Waals surface area (Å²) in [5.74, 6) is -1.28. The molecule has 0 radical (unpaired) electrons. The predicted octanol–water partition coefficient (Wildman–Crippen LogP) is 4.37. The Morgan fingerprint density at radius 1 is 1.11 bits per heavy atom. The quantitative estimate of drug-likeness (QED) is 0.633. The maximum absolute atomic E-state index is 13.1. The zero-order chi connectivity index (χ0) is 19.9. The zero-order valence-electron chi connectivity index (χ0n) is 14.5. The maximum atomic E-state index is 13.1. The second kappa shape index (κ2) is 7.07. The highest BCUT2D eigenvalue weighted by Crippen LogP contribution is 2.31. The van der Waals surface area contributed by atoms with Crippen LogP contribution in [0, 0.1) is 13.8 Å². The molecule has 0 bridgehead atoms. The number of carbonyl (C=O) groups is 1. The van der Waals surface area contributed by atoms with Crippen LogP contribution in [0.1, 0.15) is 11.3 Å². The number of anilines is 1. The van der Waals surface area contributed by atoms with Gasteiger partial charge in [-0.2, -0.15) is 0 Å². The topological polar surface area (TPSA) is 90.5 Å². The molecule has 142 valence electrons. The molecule has 0 fully saturated rings. The normalized spacial score (nSPS) is 11.7. The van der Waals surface area contributed by atoms with Crippen molar-refractivity contribution in [2.45, 2.75) is 18.7 Å². The molecule has 27 heavy (non-hydrogen) atoms. The fourth-order valence-electron chi connectivity index (χ4n) is 2.85. The number of sulfonamides is 1. The molecule has 0 spiro atoms. The molecule has 1 aromatic heterocycles. The highest BCUT2D eigenvalue weighted by molar-refractivity contribution is 7.92. The lowest BCUT2D eigenvalue weighted by Crippen LogP contribution is -2.35. The van der Waals surface area contributed by atoms with E-state index in [-0.39, 0.29) is 20.6 Å². The molecule has 3 rings (SSSR count). The smallest absolute Gasteiger partial charge is 0.324 e. The van der Waals surface area contributed by atoms with Crippen LogP contribution in [0.5, 0.6) is 0 Å². The van der Waals surface area contributed by atoms with E-state index in [2.05, 4.69) is 4.98 Å². The molecule has 0 aliphatic heterocycles.